The predicted molar refractivity (Wildman–Crippen MR) is 126 cm³/mol. The van der Waals surface area contributed by atoms with Gasteiger partial charge >= 0.3 is 0 Å². The number of nitrogens with zero attached hydrogens (tertiary/aromatic N) is 2. The summed E-state index contributed by atoms with van der Waals surface area (Å²) in [4.78, 5) is 29.3. The quantitative estimate of drug-likeness (QED) is 0.632. The van der Waals surface area contributed by atoms with Gasteiger partial charge in [-0.1, -0.05) is 17.7 Å². The molecule has 1 fully saturated rings. The van der Waals surface area contributed by atoms with E-state index in [9.17, 15) is 9.59 Å². The maximum Gasteiger partial charge on any atom is 0.253 e. The van der Waals surface area contributed by atoms with E-state index in [1.165, 1.54) is 0 Å². The third kappa shape index (κ3) is 6.52. The Balaban J connectivity index is 1.54. The van der Waals surface area contributed by atoms with Crippen LogP contribution in [0.3, 0.4) is 0 Å². The lowest BCUT2D eigenvalue weighted by molar-refractivity contribution is -0.122. The molecule has 3 rings (SSSR count). The molecule has 1 aliphatic heterocycles. The summed E-state index contributed by atoms with van der Waals surface area (Å²) in [6.45, 7) is 3.13. The van der Waals surface area contributed by atoms with Gasteiger partial charge in [0.1, 0.15) is 5.75 Å². The first-order chi connectivity index (χ1) is 15.9. The molecule has 33 heavy (non-hydrogen) atoms. The van der Waals surface area contributed by atoms with Crippen LogP contribution in [-0.4, -0.2) is 75.7 Å². The van der Waals surface area contributed by atoms with E-state index in [-0.39, 0.29) is 18.4 Å². The lowest BCUT2D eigenvalue weighted by atomic mass is 10.1. The number of nitrogens with one attached hydrogen (secondary N) is 1. The Morgan fingerprint density at radius 2 is 1.67 bits per heavy atom. The zero-order valence-corrected chi connectivity index (χ0v) is 20.0. The SMILES string of the molecule is COc1cc(OC)c(OC)cc1CNC(=O)CN1CCCN(C(=O)c2cccc(Cl)c2)CC1. The molecule has 1 aliphatic rings. The van der Waals surface area contributed by atoms with Gasteiger partial charge in [0.2, 0.25) is 5.91 Å². The van der Waals surface area contributed by atoms with Crippen LogP contribution < -0.4 is 19.5 Å². The van der Waals surface area contributed by atoms with Crippen LogP contribution in [0.15, 0.2) is 36.4 Å². The Kier molecular flexibility index (Phi) is 8.79. The first kappa shape index (κ1) is 24.7. The van der Waals surface area contributed by atoms with E-state index < -0.39 is 0 Å². The summed E-state index contributed by atoms with van der Waals surface area (Å²) in [5, 5.41) is 3.49. The molecule has 2 aromatic rings. The minimum absolute atomic E-state index is 0.0376. The molecule has 8 nitrogen and oxygen atoms in total. The van der Waals surface area contributed by atoms with Gasteiger partial charge in [-0.05, 0) is 30.7 Å². The van der Waals surface area contributed by atoms with Gasteiger partial charge in [-0.25, -0.2) is 0 Å². The fourth-order valence-electron chi connectivity index (χ4n) is 3.82. The molecule has 0 aliphatic carbocycles. The lowest BCUT2D eigenvalue weighted by Crippen LogP contribution is -2.40. The van der Waals surface area contributed by atoms with Crippen LogP contribution in [0.4, 0.5) is 0 Å². The van der Waals surface area contributed by atoms with Crippen molar-refractivity contribution in [3.05, 3.63) is 52.5 Å². The van der Waals surface area contributed by atoms with Crippen LogP contribution in [0.1, 0.15) is 22.3 Å². The Morgan fingerprint density at radius 1 is 0.939 bits per heavy atom. The van der Waals surface area contributed by atoms with Gasteiger partial charge in [0.05, 0.1) is 27.9 Å². The zero-order chi connectivity index (χ0) is 23.8. The second-order valence-corrected chi connectivity index (χ2v) is 8.16. The number of hydrogen-bond donors (Lipinski definition) is 1. The second kappa shape index (κ2) is 11.8. The van der Waals surface area contributed by atoms with Crippen LogP contribution in [0.25, 0.3) is 0 Å². The molecule has 1 saturated heterocycles. The summed E-state index contributed by atoms with van der Waals surface area (Å²) in [5.74, 6) is 1.61. The predicted octanol–water partition coefficient (Wildman–Crippen LogP) is 2.83. The van der Waals surface area contributed by atoms with E-state index in [2.05, 4.69) is 10.2 Å². The zero-order valence-electron chi connectivity index (χ0n) is 19.2. The molecule has 178 valence electrons. The number of ether oxygens (including phenoxy) is 3. The van der Waals surface area contributed by atoms with Gasteiger partial charge in [0.25, 0.3) is 5.91 Å². The summed E-state index contributed by atoms with van der Waals surface area (Å²) in [7, 11) is 4.69. The number of benzene rings is 2. The Morgan fingerprint density at radius 3 is 2.36 bits per heavy atom. The molecule has 0 bridgehead atoms. The normalized spacial score (nSPS) is 14.4. The van der Waals surface area contributed by atoms with Crippen molar-refractivity contribution >= 4 is 23.4 Å². The number of amides is 2. The van der Waals surface area contributed by atoms with E-state index >= 15 is 0 Å². The summed E-state index contributed by atoms with van der Waals surface area (Å²) in [5.41, 5.74) is 1.37. The fraction of sp³-hybridized carbons (Fsp3) is 0.417. The van der Waals surface area contributed by atoms with Crippen molar-refractivity contribution in [1.29, 1.82) is 0 Å². The molecule has 2 amide bonds. The number of rotatable bonds is 8. The molecular formula is C24H30ClN3O5. The van der Waals surface area contributed by atoms with Crippen molar-refractivity contribution < 1.29 is 23.8 Å². The summed E-state index contributed by atoms with van der Waals surface area (Å²) in [6.07, 6.45) is 0.795. The van der Waals surface area contributed by atoms with Crippen molar-refractivity contribution in [2.24, 2.45) is 0 Å². The minimum Gasteiger partial charge on any atom is -0.496 e. The van der Waals surface area contributed by atoms with E-state index in [4.69, 9.17) is 25.8 Å². The number of methoxy groups -OCH3 is 3. The highest BCUT2D eigenvalue weighted by molar-refractivity contribution is 6.30. The number of hydrogen-bond acceptors (Lipinski definition) is 6. The van der Waals surface area contributed by atoms with Gasteiger partial charge in [-0.3, -0.25) is 14.5 Å². The molecule has 0 saturated carbocycles. The largest absolute Gasteiger partial charge is 0.496 e. The topological polar surface area (TPSA) is 80.3 Å². The summed E-state index contributed by atoms with van der Waals surface area (Å²) in [6, 6.07) is 10.5. The van der Waals surface area contributed by atoms with Gasteiger partial charge in [0.15, 0.2) is 11.5 Å². The lowest BCUT2D eigenvalue weighted by Gasteiger charge is -2.22. The van der Waals surface area contributed by atoms with Gasteiger partial charge < -0.3 is 24.4 Å². The van der Waals surface area contributed by atoms with E-state index in [0.29, 0.717) is 54.0 Å². The highest BCUT2D eigenvalue weighted by atomic mass is 35.5. The molecular weight excluding hydrogens is 446 g/mol. The van der Waals surface area contributed by atoms with Crippen LogP contribution >= 0.6 is 11.6 Å². The van der Waals surface area contributed by atoms with Crippen LogP contribution in [0.5, 0.6) is 17.2 Å². The minimum atomic E-state index is -0.0959. The van der Waals surface area contributed by atoms with Gasteiger partial charge in [0, 0.05) is 54.9 Å². The smallest absolute Gasteiger partial charge is 0.253 e. The van der Waals surface area contributed by atoms with Gasteiger partial charge in [-0.2, -0.15) is 0 Å². The molecule has 0 radical (unpaired) electrons. The molecule has 0 spiro atoms. The molecule has 9 heteroatoms. The van der Waals surface area contributed by atoms with Crippen LogP contribution in [-0.2, 0) is 11.3 Å². The van der Waals surface area contributed by atoms with Gasteiger partial charge in [-0.15, -0.1) is 0 Å². The highest BCUT2D eigenvalue weighted by Gasteiger charge is 2.22. The molecule has 0 atom stereocenters. The first-order valence-electron chi connectivity index (χ1n) is 10.8. The van der Waals surface area contributed by atoms with Crippen molar-refractivity contribution in [3.63, 3.8) is 0 Å². The maximum atomic E-state index is 12.8. The van der Waals surface area contributed by atoms with E-state index in [1.54, 1.807) is 57.7 Å². The highest BCUT2D eigenvalue weighted by Crippen LogP contribution is 2.34. The van der Waals surface area contributed by atoms with Crippen molar-refractivity contribution in [2.45, 2.75) is 13.0 Å². The average molecular weight is 476 g/mol. The molecule has 1 heterocycles. The van der Waals surface area contributed by atoms with Crippen molar-refractivity contribution in [1.82, 2.24) is 15.1 Å². The third-order valence-electron chi connectivity index (χ3n) is 5.58. The second-order valence-electron chi connectivity index (χ2n) is 7.73. The summed E-state index contributed by atoms with van der Waals surface area (Å²) < 4.78 is 16.1. The summed E-state index contributed by atoms with van der Waals surface area (Å²) >= 11 is 6.02. The standard InChI is InChI=1S/C24H30ClN3O5/c1-31-20-14-22(33-3)21(32-2)13-18(20)15-26-23(29)16-27-8-5-9-28(11-10-27)24(30)17-6-4-7-19(25)12-17/h4,6-7,12-14H,5,8-11,15-16H2,1-3H3,(H,26,29). The third-order valence-corrected chi connectivity index (χ3v) is 5.81. The Hall–Kier alpha value is -2.97. The molecule has 2 aromatic carbocycles. The number of carbonyl (C=O) groups excluding carboxylic acids is 2. The fourth-order valence-corrected chi connectivity index (χ4v) is 4.01. The molecule has 0 unspecified atom stereocenters. The monoisotopic (exact) mass is 475 g/mol. The number of carbonyl (C=O) groups is 2. The first-order valence-corrected chi connectivity index (χ1v) is 11.2. The van der Waals surface area contributed by atoms with E-state index in [0.717, 1.165) is 18.5 Å². The molecule has 0 aromatic heterocycles. The van der Waals surface area contributed by atoms with Crippen LogP contribution in [0.2, 0.25) is 5.02 Å². The Bertz CT molecular complexity index is 985. The Labute approximate surface area is 199 Å². The van der Waals surface area contributed by atoms with Crippen molar-refractivity contribution in [2.75, 3.05) is 54.1 Å². The van der Waals surface area contributed by atoms with Crippen molar-refractivity contribution in [3.8, 4) is 17.2 Å². The average Bonchev–Trinajstić information content (AvgIpc) is 3.07. The van der Waals surface area contributed by atoms with E-state index in [1.807, 2.05) is 4.90 Å². The number of halogens is 1. The molecule has 1 N–H and O–H groups in total. The van der Waals surface area contributed by atoms with Crippen LogP contribution in [0, 0.1) is 0 Å². The maximum absolute atomic E-state index is 12.8.